The molecule has 1 saturated carbocycles. The van der Waals surface area contributed by atoms with Gasteiger partial charge in [0.05, 0.1) is 6.42 Å². The zero-order valence-corrected chi connectivity index (χ0v) is 42.4. The summed E-state index contributed by atoms with van der Waals surface area (Å²) in [6, 6.07) is 8.31. The lowest BCUT2D eigenvalue weighted by Crippen LogP contribution is -2.61. The predicted octanol–water partition coefficient (Wildman–Crippen LogP) is 0.0444. The van der Waals surface area contributed by atoms with Crippen LogP contribution in [0.2, 0.25) is 0 Å². The van der Waals surface area contributed by atoms with E-state index in [0.29, 0.717) is 36.8 Å². The molecule has 22 heteroatoms. The van der Waals surface area contributed by atoms with Gasteiger partial charge in [0.25, 0.3) is 0 Å². The maximum atomic E-state index is 14.7. The van der Waals surface area contributed by atoms with Crippen LogP contribution in [0.25, 0.3) is 0 Å². The molecule has 0 heterocycles. The molecule has 8 atom stereocenters. The summed E-state index contributed by atoms with van der Waals surface area (Å²) in [6.45, 7) is 5.04. The molecule has 0 spiro atoms. The second kappa shape index (κ2) is 32.1. The van der Waals surface area contributed by atoms with Crippen molar-refractivity contribution >= 4 is 59.2 Å². The zero-order valence-electron chi connectivity index (χ0n) is 42.4. The van der Waals surface area contributed by atoms with E-state index >= 15 is 0 Å². The molecule has 0 radical (unpaired) electrons. The highest BCUT2D eigenvalue weighted by Gasteiger charge is 2.36. The molecule has 0 aromatic heterocycles. The number of carboxylic acids is 1. The summed E-state index contributed by atoms with van der Waals surface area (Å²) >= 11 is 0. The fourth-order valence-corrected chi connectivity index (χ4v) is 8.59. The van der Waals surface area contributed by atoms with Gasteiger partial charge in [-0.2, -0.15) is 0 Å². The van der Waals surface area contributed by atoms with Gasteiger partial charge in [-0.3, -0.25) is 43.3 Å². The van der Waals surface area contributed by atoms with Crippen LogP contribution in [-0.2, 0) is 56.0 Å². The molecule has 1 aliphatic rings. The molecule has 402 valence electrons. The number of hydrogen-bond donors (Lipinski definition) is 12. The van der Waals surface area contributed by atoms with Crippen LogP contribution in [0.3, 0.4) is 0 Å². The largest absolute Gasteiger partial charge is 0.480 e. The van der Waals surface area contributed by atoms with E-state index < -0.39 is 108 Å². The van der Waals surface area contributed by atoms with E-state index in [1.165, 1.54) is 6.92 Å². The first-order chi connectivity index (χ1) is 34.8. The van der Waals surface area contributed by atoms with E-state index in [1.54, 1.807) is 74.5 Å². The first-order valence-electron chi connectivity index (χ1n) is 25.2. The van der Waals surface area contributed by atoms with Crippen molar-refractivity contribution in [3.8, 4) is 0 Å². The fraction of sp³-hybridized carbons (Fsp3) is 0.569. The van der Waals surface area contributed by atoms with E-state index in [0.717, 1.165) is 32.1 Å². The molecule has 73 heavy (non-hydrogen) atoms. The summed E-state index contributed by atoms with van der Waals surface area (Å²) < 4.78 is 0. The monoisotopic (exact) mass is 1020 g/mol. The number of nitrogens with two attached hydrogens (primary N) is 4. The molecule has 0 saturated heterocycles. The Balaban J connectivity index is 1.99. The molecule has 16 N–H and O–H groups in total. The number of aliphatic imine (C=N–C) groups is 1. The molecule has 2 aromatic rings. The van der Waals surface area contributed by atoms with Crippen molar-refractivity contribution in [2.75, 3.05) is 13.1 Å². The lowest BCUT2D eigenvalue weighted by Gasteiger charge is -2.29. The molecular formula is C51H78N12O10. The summed E-state index contributed by atoms with van der Waals surface area (Å²) in [4.78, 5) is 126. The quantitative estimate of drug-likeness (QED) is 0.0262. The number of hydrogen-bond acceptors (Lipinski definition) is 11. The highest BCUT2D eigenvalue weighted by Crippen LogP contribution is 2.27. The maximum absolute atomic E-state index is 14.7. The minimum absolute atomic E-state index is 0.00272. The third kappa shape index (κ3) is 22.5. The summed E-state index contributed by atoms with van der Waals surface area (Å²) in [6.07, 6.45) is 5.89. The molecule has 1 fully saturated rings. The van der Waals surface area contributed by atoms with Crippen LogP contribution in [0.15, 0.2) is 65.7 Å². The van der Waals surface area contributed by atoms with Gasteiger partial charge in [0, 0.05) is 26.3 Å². The van der Waals surface area contributed by atoms with Crippen LogP contribution in [0.5, 0.6) is 0 Å². The number of rotatable bonds is 32. The Morgan fingerprint density at radius 1 is 0.603 bits per heavy atom. The molecule has 0 bridgehead atoms. The Morgan fingerprint density at radius 3 is 1.51 bits per heavy atom. The standard InChI is InChI=1S/C51H78N12O10/c1-4-31(2)43(50(72)73)63-49(71)41(30-42(53)65)62-44(66)36(23-14-15-25-52)58-47(69)39(28-34-19-10-6-11-20-34)61-48(70)40(29-35-21-12-7-13-22-35)60-45(67)37(24-16-26-56-51(54)55)59-46(68)38(57-32(3)64)27-33-17-8-5-9-18-33/h6-7,10-13,19-22,31,33,36-41,43H,4-5,8-9,14-18,23-30,52H2,1-3H3,(H2,53,65)(H,57,64)(H,58,69)(H,59,68)(H,60,67)(H,61,70)(H,62,66)(H,63,71)(H,72,73)(H4,54,55,56)/t31-,36-,37-,38-,39-,40-,41-,43-/m0/s1. The number of guanidine groups is 1. The van der Waals surface area contributed by atoms with Crippen molar-refractivity contribution in [2.24, 2.45) is 39.8 Å². The van der Waals surface area contributed by atoms with Crippen LogP contribution < -0.4 is 60.2 Å². The zero-order chi connectivity index (χ0) is 53.9. The minimum atomic E-state index is -1.61. The normalized spacial score (nSPS) is 15.7. The Bertz CT molecular complexity index is 2150. The molecule has 0 unspecified atom stereocenters. The third-order valence-corrected chi connectivity index (χ3v) is 12.8. The van der Waals surface area contributed by atoms with Gasteiger partial charge in [-0.05, 0) is 68.0 Å². The molecular weight excluding hydrogens is 941 g/mol. The van der Waals surface area contributed by atoms with Gasteiger partial charge < -0.3 is 65.3 Å². The summed E-state index contributed by atoms with van der Waals surface area (Å²) in [5.41, 5.74) is 23.6. The van der Waals surface area contributed by atoms with Crippen molar-refractivity contribution < 1.29 is 48.3 Å². The average molecular weight is 1020 g/mol. The smallest absolute Gasteiger partial charge is 0.326 e. The van der Waals surface area contributed by atoms with E-state index in [9.17, 15) is 48.3 Å². The number of primary amides is 1. The van der Waals surface area contributed by atoms with E-state index in [1.807, 2.05) is 0 Å². The van der Waals surface area contributed by atoms with Gasteiger partial charge in [-0.25, -0.2) is 4.79 Å². The third-order valence-electron chi connectivity index (χ3n) is 12.8. The summed E-state index contributed by atoms with van der Waals surface area (Å²) in [7, 11) is 0. The van der Waals surface area contributed by atoms with Gasteiger partial charge in [-0.1, -0.05) is 113 Å². The predicted molar refractivity (Wildman–Crippen MR) is 274 cm³/mol. The number of amides is 8. The number of benzene rings is 2. The number of aliphatic carboxylic acids is 1. The molecule has 0 aliphatic heterocycles. The van der Waals surface area contributed by atoms with Crippen molar-refractivity contribution in [2.45, 2.75) is 159 Å². The van der Waals surface area contributed by atoms with Gasteiger partial charge >= 0.3 is 5.97 Å². The van der Waals surface area contributed by atoms with Crippen LogP contribution in [0.1, 0.15) is 115 Å². The van der Waals surface area contributed by atoms with Crippen molar-refractivity contribution in [1.29, 1.82) is 0 Å². The maximum Gasteiger partial charge on any atom is 0.326 e. The lowest BCUT2D eigenvalue weighted by molar-refractivity contribution is -0.144. The van der Waals surface area contributed by atoms with Gasteiger partial charge in [-0.15, -0.1) is 0 Å². The topological polar surface area (TPSA) is 375 Å². The number of carbonyl (C=O) groups is 9. The molecule has 2 aromatic carbocycles. The van der Waals surface area contributed by atoms with Crippen molar-refractivity contribution in [3.05, 3.63) is 71.8 Å². The Hall–Kier alpha value is -7.10. The molecule has 22 nitrogen and oxygen atoms in total. The number of unbranched alkanes of at least 4 members (excludes halogenated alkanes) is 1. The summed E-state index contributed by atoms with van der Waals surface area (Å²) in [5.74, 6) is -7.97. The summed E-state index contributed by atoms with van der Waals surface area (Å²) in [5, 5.41) is 28.5. The highest BCUT2D eigenvalue weighted by atomic mass is 16.4. The molecule has 1 aliphatic carbocycles. The minimum Gasteiger partial charge on any atom is -0.480 e. The second-order valence-electron chi connectivity index (χ2n) is 18.8. The van der Waals surface area contributed by atoms with Gasteiger partial charge in [0.2, 0.25) is 47.3 Å². The van der Waals surface area contributed by atoms with E-state index in [4.69, 9.17) is 22.9 Å². The molecule has 8 amide bonds. The number of carbonyl (C=O) groups excluding carboxylic acids is 8. The SMILES string of the molecule is CC[C@H](C)[C@H](NC(=O)[C@H](CC(N)=O)NC(=O)[C@H](CCCCN)NC(=O)[C@H](Cc1ccccc1)NC(=O)[C@H](Cc1ccccc1)NC(=O)[C@H](CCCN=C(N)N)NC(=O)[C@H](CC1CCCCC1)NC(C)=O)C(=O)O. The van der Waals surface area contributed by atoms with Gasteiger partial charge in [0.15, 0.2) is 5.96 Å². The lowest BCUT2D eigenvalue weighted by atomic mass is 9.84. The average Bonchev–Trinajstić information content (AvgIpc) is 3.35. The van der Waals surface area contributed by atoms with Crippen LogP contribution >= 0.6 is 0 Å². The molecule has 3 rings (SSSR count). The van der Waals surface area contributed by atoms with Crippen LogP contribution in [-0.4, -0.2) is 120 Å². The first-order valence-corrected chi connectivity index (χ1v) is 25.2. The van der Waals surface area contributed by atoms with E-state index in [2.05, 4.69) is 42.2 Å². The van der Waals surface area contributed by atoms with Crippen LogP contribution in [0, 0.1) is 11.8 Å². The Morgan fingerprint density at radius 2 is 1.05 bits per heavy atom. The second-order valence-corrected chi connectivity index (χ2v) is 18.8. The van der Waals surface area contributed by atoms with Crippen molar-refractivity contribution in [1.82, 2.24) is 37.2 Å². The first kappa shape index (κ1) is 60.2. The van der Waals surface area contributed by atoms with E-state index in [-0.39, 0.29) is 57.1 Å². The number of nitrogens with one attached hydrogen (secondary N) is 7. The Kier molecular flexibility index (Phi) is 26.5. The van der Waals surface area contributed by atoms with Crippen molar-refractivity contribution in [3.63, 3.8) is 0 Å². The van der Waals surface area contributed by atoms with Gasteiger partial charge in [0.1, 0.15) is 42.3 Å². The number of carboxylic acid groups (broad SMARTS) is 1. The number of nitrogens with zero attached hydrogens (tertiary/aromatic N) is 1. The van der Waals surface area contributed by atoms with Crippen LogP contribution in [0.4, 0.5) is 0 Å². The fourth-order valence-electron chi connectivity index (χ4n) is 8.59. The Labute approximate surface area is 427 Å². The highest BCUT2D eigenvalue weighted by molar-refractivity contribution is 5.98.